The number of thiazole rings is 1. The summed E-state index contributed by atoms with van der Waals surface area (Å²) in [6, 6.07) is 12.7. The van der Waals surface area contributed by atoms with E-state index in [0.29, 0.717) is 28.7 Å². The average molecular weight is 474 g/mol. The van der Waals surface area contributed by atoms with E-state index in [-0.39, 0.29) is 17.5 Å². The van der Waals surface area contributed by atoms with Crippen LogP contribution in [0.4, 0.5) is 10.1 Å². The quantitative estimate of drug-likeness (QED) is 0.347. The Kier molecular flexibility index (Phi) is 6.89. The van der Waals surface area contributed by atoms with Crippen molar-refractivity contribution in [3.8, 4) is 0 Å². The first-order chi connectivity index (χ1) is 15.0. The Balaban J connectivity index is 1.36. The maximum absolute atomic E-state index is 13.7. The van der Waals surface area contributed by atoms with Gasteiger partial charge in [-0.1, -0.05) is 41.7 Å². The van der Waals surface area contributed by atoms with Crippen LogP contribution in [0, 0.1) is 12.7 Å². The van der Waals surface area contributed by atoms with Gasteiger partial charge in [-0.2, -0.15) is 0 Å². The Labute approximate surface area is 191 Å². The predicted molar refractivity (Wildman–Crippen MR) is 125 cm³/mol. The maximum atomic E-state index is 13.7. The number of thioether (sulfide) groups is 2. The molecule has 2 aromatic heterocycles. The first-order valence-electron chi connectivity index (χ1n) is 9.62. The highest BCUT2D eigenvalue weighted by Gasteiger charge is 2.15. The molecule has 0 unspecified atom stereocenters. The van der Waals surface area contributed by atoms with Crippen LogP contribution >= 0.6 is 34.9 Å². The van der Waals surface area contributed by atoms with Crippen LogP contribution in [0.2, 0.25) is 0 Å². The van der Waals surface area contributed by atoms with Crippen molar-refractivity contribution in [3.63, 3.8) is 0 Å². The molecule has 6 nitrogen and oxygen atoms in total. The smallest absolute Gasteiger partial charge is 0.234 e. The molecule has 1 N–H and O–H groups in total. The number of carbonyl (C=O) groups excluding carboxylic acids is 1. The second-order valence-corrected chi connectivity index (χ2v) is 9.88. The summed E-state index contributed by atoms with van der Waals surface area (Å²) in [6.07, 6.45) is 0. The van der Waals surface area contributed by atoms with Crippen molar-refractivity contribution in [3.05, 3.63) is 59.7 Å². The molecular weight excluding hydrogens is 453 g/mol. The number of carbonyl (C=O) groups is 1. The van der Waals surface area contributed by atoms with Gasteiger partial charge in [0.2, 0.25) is 5.91 Å². The molecule has 1 amide bonds. The summed E-state index contributed by atoms with van der Waals surface area (Å²) in [7, 11) is 0. The highest BCUT2D eigenvalue weighted by atomic mass is 32.2. The monoisotopic (exact) mass is 473 g/mol. The van der Waals surface area contributed by atoms with Gasteiger partial charge in [-0.25, -0.2) is 9.37 Å². The van der Waals surface area contributed by atoms with Crippen LogP contribution in [0.3, 0.4) is 0 Å². The summed E-state index contributed by atoms with van der Waals surface area (Å²) in [6.45, 7) is 4.41. The Morgan fingerprint density at radius 3 is 2.81 bits per heavy atom. The zero-order valence-electron chi connectivity index (χ0n) is 17.0. The summed E-state index contributed by atoms with van der Waals surface area (Å²) in [5.74, 6) is 1.10. The van der Waals surface area contributed by atoms with Crippen LogP contribution in [0.15, 0.2) is 52.0 Å². The normalized spacial score (nSPS) is 11.2. The molecule has 0 radical (unpaired) electrons. The van der Waals surface area contributed by atoms with Crippen molar-refractivity contribution in [2.24, 2.45) is 0 Å². The molecule has 0 saturated carbocycles. The maximum Gasteiger partial charge on any atom is 0.234 e. The molecule has 0 aliphatic rings. The number of amides is 1. The van der Waals surface area contributed by atoms with Gasteiger partial charge in [0.25, 0.3) is 0 Å². The number of fused-ring (bicyclic) bond motifs is 1. The third-order valence-electron chi connectivity index (χ3n) is 4.50. The molecule has 31 heavy (non-hydrogen) atoms. The van der Waals surface area contributed by atoms with E-state index in [2.05, 4.69) is 26.6 Å². The molecule has 10 heteroatoms. The lowest BCUT2D eigenvalue weighted by molar-refractivity contribution is -0.113. The summed E-state index contributed by atoms with van der Waals surface area (Å²) < 4.78 is 17.8. The molecule has 2 heterocycles. The largest absolute Gasteiger partial charge is 0.325 e. The number of rotatable bonds is 8. The Bertz CT molecular complexity index is 1190. The summed E-state index contributed by atoms with van der Waals surface area (Å²) in [5.41, 5.74) is 1.99. The van der Waals surface area contributed by atoms with Gasteiger partial charge in [0.1, 0.15) is 11.6 Å². The fourth-order valence-corrected chi connectivity index (χ4v) is 5.72. The van der Waals surface area contributed by atoms with Crippen molar-refractivity contribution in [2.45, 2.75) is 35.6 Å². The lowest BCUT2D eigenvalue weighted by Gasteiger charge is -2.08. The number of para-hydroxylation sites is 1. The Morgan fingerprint density at radius 2 is 2.03 bits per heavy atom. The van der Waals surface area contributed by atoms with Crippen LogP contribution in [0.5, 0.6) is 0 Å². The molecule has 0 aliphatic carbocycles. The lowest BCUT2D eigenvalue weighted by atomic mass is 10.2. The highest BCUT2D eigenvalue weighted by Crippen LogP contribution is 2.31. The van der Waals surface area contributed by atoms with Crippen molar-refractivity contribution in [2.75, 3.05) is 11.1 Å². The minimum Gasteiger partial charge on any atom is -0.325 e. The van der Waals surface area contributed by atoms with Gasteiger partial charge in [0.05, 0.1) is 21.7 Å². The van der Waals surface area contributed by atoms with E-state index in [1.54, 1.807) is 42.2 Å². The minimum absolute atomic E-state index is 0.165. The number of benzene rings is 2. The second kappa shape index (κ2) is 9.80. The number of anilines is 1. The van der Waals surface area contributed by atoms with Crippen molar-refractivity contribution in [1.82, 2.24) is 19.7 Å². The van der Waals surface area contributed by atoms with Gasteiger partial charge in [0, 0.05) is 12.2 Å². The number of aryl methyl sites for hydroxylation is 1. The van der Waals surface area contributed by atoms with Gasteiger partial charge in [-0.05, 0) is 43.7 Å². The zero-order valence-corrected chi connectivity index (χ0v) is 19.4. The number of hydrogen-bond donors (Lipinski definition) is 1. The van der Waals surface area contributed by atoms with E-state index < -0.39 is 0 Å². The number of halogens is 1. The number of hydrogen-bond acceptors (Lipinski definition) is 7. The third-order valence-corrected chi connectivity index (χ3v) is 7.64. The van der Waals surface area contributed by atoms with Crippen LogP contribution < -0.4 is 5.32 Å². The van der Waals surface area contributed by atoms with Crippen LogP contribution in [0.1, 0.15) is 18.3 Å². The molecule has 0 saturated heterocycles. The van der Waals surface area contributed by atoms with E-state index >= 15 is 0 Å². The molecule has 4 rings (SSSR count). The number of nitrogens with zero attached hydrogens (tertiary/aromatic N) is 4. The topological polar surface area (TPSA) is 72.7 Å². The third kappa shape index (κ3) is 5.25. The van der Waals surface area contributed by atoms with Crippen LogP contribution in [-0.4, -0.2) is 31.4 Å². The van der Waals surface area contributed by atoms with E-state index in [1.165, 1.54) is 17.8 Å². The molecule has 4 aromatic rings. The molecule has 2 aromatic carbocycles. The fraction of sp³-hybridized carbons (Fsp3) is 0.238. The summed E-state index contributed by atoms with van der Waals surface area (Å²) >= 11 is 4.61. The van der Waals surface area contributed by atoms with Gasteiger partial charge in [-0.15, -0.1) is 21.5 Å². The summed E-state index contributed by atoms with van der Waals surface area (Å²) in [5, 5.41) is 12.0. The van der Waals surface area contributed by atoms with Gasteiger partial charge in [-0.3, -0.25) is 4.79 Å². The first-order valence-corrected chi connectivity index (χ1v) is 12.4. The van der Waals surface area contributed by atoms with E-state index in [9.17, 15) is 9.18 Å². The van der Waals surface area contributed by atoms with E-state index in [0.717, 1.165) is 20.4 Å². The van der Waals surface area contributed by atoms with Gasteiger partial charge >= 0.3 is 0 Å². The second-order valence-electron chi connectivity index (χ2n) is 6.68. The molecule has 0 bridgehead atoms. The first kappa shape index (κ1) is 21.8. The van der Waals surface area contributed by atoms with Crippen molar-refractivity contribution < 1.29 is 9.18 Å². The molecule has 160 valence electrons. The fourth-order valence-electron chi connectivity index (χ4n) is 2.89. The SMILES string of the molecule is CCn1c(CSc2nc3ccccc3s2)nnc1SCC(=O)Nc1ccc(C)c(F)c1. The van der Waals surface area contributed by atoms with E-state index in [4.69, 9.17) is 0 Å². The van der Waals surface area contributed by atoms with E-state index in [1.807, 2.05) is 29.7 Å². The summed E-state index contributed by atoms with van der Waals surface area (Å²) in [4.78, 5) is 16.9. The average Bonchev–Trinajstić information content (AvgIpc) is 3.36. The molecule has 0 fully saturated rings. The molecule has 0 atom stereocenters. The Morgan fingerprint density at radius 1 is 1.19 bits per heavy atom. The van der Waals surface area contributed by atoms with Crippen LogP contribution in [0.25, 0.3) is 10.2 Å². The lowest BCUT2D eigenvalue weighted by Crippen LogP contribution is -2.15. The minimum atomic E-state index is -0.341. The van der Waals surface area contributed by atoms with Gasteiger partial charge in [0.15, 0.2) is 9.50 Å². The number of aromatic nitrogens is 4. The van der Waals surface area contributed by atoms with Crippen molar-refractivity contribution >= 4 is 56.7 Å². The number of nitrogens with one attached hydrogen (secondary N) is 1. The van der Waals surface area contributed by atoms with Gasteiger partial charge < -0.3 is 9.88 Å². The van der Waals surface area contributed by atoms with Crippen molar-refractivity contribution in [1.29, 1.82) is 0 Å². The highest BCUT2D eigenvalue weighted by molar-refractivity contribution is 8.00. The standard InChI is InChI=1S/C21H20FN5OS3/c1-3-27-18(11-30-21-24-16-6-4-5-7-17(16)31-21)25-26-20(27)29-12-19(28)23-14-9-8-13(2)15(22)10-14/h4-10H,3,11-12H2,1-2H3,(H,23,28). The van der Waals surface area contributed by atoms with Crippen LogP contribution in [-0.2, 0) is 17.1 Å². The molecular formula is C21H20FN5OS3. The predicted octanol–water partition coefficient (Wildman–Crippen LogP) is 5.38. The molecule has 0 aliphatic heterocycles. The Hall–Kier alpha value is -2.43. The molecule has 0 spiro atoms. The zero-order chi connectivity index (χ0) is 21.8.